The molecule has 2 aromatic carbocycles. The number of hydrogen-bond acceptors (Lipinski definition) is 3. The molecule has 23 heavy (non-hydrogen) atoms. The van der Waals surface area contributed by atoms with Crippen molar-refractivity contribution < 1.29 is 9.59 Å². The topological polar surface area (TPSA) is 37.4 Å². The van der Waals surface area contributed by atoms with Gasteiger partial charge in [-0.05, 0) is 35.4 Å². The number of hydrogen-bond donors (Lipinski definition) is 0. The second kappa shape index (κ2) is 6.20. The standard InChI is InChI=1S/C19H19NO2S/c1-12(2)14-10-6-7-13(11-23-3)17(14)20-18(21)15-8-4-5-9-16(15)19(20)22/h4-10,12H,11H2,1-3H3. The zero-order valence-electron chi connectivity index (χ0n) is 13.5. The number of nitrogens with zero attached hydrogens (tertiary/aromatic N) is 1. The Morgan fingerprint density at radius 2 is 1.57 bits per heavy atom. The van der Waals surface area contributed by atoms with Gasteiger partial charge in [0.15, 0.2) is 0 Å². The van der Waals surface area contributed by atoms with Gasteiger partial charge in [0.1, 0.15) is 0 Å². The Labute approximate surface area is 140 Å². The maximum atomic E-state index is 12.8. The SMILES string of the molecule is CSCc1cccc(C(C)C)c1N1C(=O)c2ccccc2C1=O. The van der Waals surface area contributed by atoms with Gasteiger partial charge in [-0.25, -0.2) is 4.90 Å². The molecule has 1 heterocycles. The van der Waals surface area contributed by atoms with Crippen LogP contribution >= 0.6 is 11.8 Å². The van der Waals surface area contributed by atoms with Gasteiger partial charge in [-0.1, -0.05) is 44.2 Å². The normalized spacial score (nSPS) is 13.8. The average Bonchev–Trinajstić information content (AvgIpc) is 2.79. The van der Waals surface area contributed by atoms with E-state index < -0.39 is 0 Å². The number of para-hydroxylation sites is 1. The van der Waals surface area contributed by atoms with Crippen molar-refractivity contribution in [2.24, 2.45) is 0 Å². The van der Waals surface area contributed by atoms with E-state index in [0.29, 0.717) is 11.1 Å². The largest absolute Gasteiger partial charge is 0.268 e. The third-order valence-corrected chi connectivity index (χ3v) is 4.69. The highest BCUT2D eigenvalue weighted by Crippen LogP contribution is 2.37. The predicted octanol–water partition coefficient (Wildman–Crippen LogP) is 4.47. The summed E-state index contributed by atoms with van der Waals surface area (Å²) in [5.41, 5.74) is 3.81. The van der Waals surface area contributed by atoms with Crippen molar-refractivity contribution >= 4 is 29.3 Å². The highest BCUT2D eigenvalue weighted by atomic mass is 32.2. The molecule has 0 unspecified atom stereocenters. The molecule has 0 fully saturated rings. The summed E-state index contributed by atoms with van der Waals surface area (Å²) >= 11 is 1.69. The fourth-order valence-corrected chi connectivity index (χ4v) is 3.56. The summed E-state index contributed by atoms with van der Waals surface area (Å²) in [5, 5.41) is 0. The van der Waals surface area contributed by atoms with Crippen LogP contribution in [0.25, 0.3) is 0 Å². The molecule has 3 rings (SSSR count). The first-order chi connectivity index (χ1) is 11.1. The van der Waals surface area contributed by atoms with Crippen LogP contribution in [-0.2, 0) is 5.75 Å². The van der Waals surface area contributed by atoms with Gasteiger partial charge in [0.25, 0.3) is 11.8 Å². The monoisotopic (exact) mass is 325 g/mol. The summed E-state index contributed by atoms with van der Waals surface area (Å²) in [7, 11) is 0. The van der Waals surface area contributed by atoms with E-state index >= 15 is 0 Å². The van der Waals surface area contributed by atoms with E-state index in [1.807, 2.05) is 24.5 Å². The lowest BCUT2D eigenvalue weighted by Crippen LogP contribution is -2.31. The van der Waals surface area contributed by atoms with Crippen molar-refractivity contribution in [1.82, 2.24) is 0 Å². The van der Waals surface area contributed by atoms with Crippen LogP contribution in [-0.4, -0.2) is 18.1 Å². The maximum Gasteiger partial charge on any atom is 0.266 e. The molecule has 4 heteroatoms. The van der Waals surface area contributed by atoms with Gasteiger partial charge in [0, 0.05) is 5.75 Å². The molecule has 1 aliphatic rings. The van der Waals surface area contributed by atoms with Crippen LogP contribution in [0.4, 0.5) is 5.69 Å². The molecule has 0 N–H and O–H groups in total. The first-order valence-corrected chi connectivity index (χ1v) is 9.04. The summed E-state index contributed by atoms with van der Waals surface area (Å²) in [6.07, 6.45) is 2.02. The van der Waals surface area contributed by atoms with E-state index in [2.05, 4.69) is 13.8 Å². The number of amides is 2. The van der Waals surface area contributed by atoms with Gasteiger partial charge < -0.3 is 0 Å². The molecule has 0 aromatic heterocycles. The van der Waals surface area contributed by atoms with Gasteiger partial charge in [-0.2, -0.15) is 11.8 Å². The molecule has 0 saturated heterocycles. The maximum absolute atomic E-state index is 12.8. The molecule has 0 atom stereocenters. The molecule has 0 spiro atoms. The van der Waals surface area contributed by atoms with Crippen LogP contribution in [0.1, 0.15) is 51.6 Å². The molecule has 118 valence electrons. The Hall–Kier alpha value is -2.07. The fourth-order valence-electron chi connectivity index (χ4n) is 3.01. The molecule has 0 aliphatic carbocycles. The Morgan fingerprint density at radius 1 is 0.957 bits per heavy atom. The number of benzene rings is 2. The van der Waals surface area contributed by atoms with Crippen LogP contribution < -0.4 is 4.90 Å². The van der Waals surface area contributed by atoms with Gasteiger partial charge in [0.2, 0.25) is 0 Å². The molecule has 2 aromatic rings. The highest BCUT2D eigenvalue weighted by molar-refractivity contribution is 7.97. The van der Waals surface area contributed by atoms with E-state index in [4.69, 9.17) is 0 Å². The quantitative estimate of drug-likeness (QED) is 0.778. The molecular formula is C19H19NO2S. The molecule has 2 amide bonds. The lowest BCUT2D eigenvalue weighted by atomic mass is 9.97. The molecular weight excluding hydrogens is 306 g/mol. The minimum absolute atomic E-state index is 0.221. The zero-order valence-corrected chi connectivity index (χ0v) is 14.3. The van der Waals surface area contributed by atoms with Crippen molar-refractivity contribution in [2.75, 3.05) is 11.2 Å². The molecule has 0 saturated carbocycles. The van der Waals surface area contributed by atoms with E-state index in [0.717, 1.165) is 22.6 Å². The average molecular weight is 325 g/mol. The zero-order chi connectivity index (χ0) is 16.6. The number of thioether (sulfide) groups is 1. The summed E-state index contributed by atoms with van der Waals surface area (Å²) < 4.78 is 0. The van der Waals surface area contributed by atoms with Gasteiger partial charge in [-0.15, -0.1) is 0 Å². The minimum Gasteiger partial charge on any atom is -0.268 e. The summed E-state index contributed by atoms with van der Waals surface area (Å²) in [4.78, 5) is 27.0. The van der Waals surface area contributed by atoms with Crippen LogP contribution in [0.15, 0.2) is 42.5 Å². The number of imide groups is 1. The van der Waals surface area contributed by atoms with Gasteiger partial charge >= 0.3 is 0 Å². The van der Waals surface area contributed by atoms with Gasteiger partial charge in [-0.3, -0.25) is 9.59 Å². The number of carbonyl (C=O) groups excluding carboxylic acids is 2. The molecule has 3 nitrogen and oxygen atoms in total. The lowest BCUT2D eigenvalue weighted by Gasteiger charge is -2.23. The first kappa shape index (κ1) is 15.8. The van der Waals surface area contributed by atoms with E-state index in [1.165, 1.54) is 4.90 Å². The van der Waals surface area contributed by atoms with Crippen molar-refractivity contribution in [1.29, 1.82) is 0 Å². The number of rotatable bonds is 4. The molecule has 0 bridgehead atoms. The van der Waals surface area contributed by atoms with Crippen molar-refractivity contribution in [2.45, 2.75) is 25.5 Å². The van der Waals surface area contributed by atoms with Crippen LogP contribution in [0.5, 0.6) is 0 Å². The van der Waals surface area contributed by atoms with E-state index in [9.17, 15) is 9.59 Å². The van der Waals surface area contributed by atoms with E-state index in [-0.39, 0.29) is 17.7 Å². The molecule has 1 aliphatic heterocycles. The lowest BCUT2D eigenvalue weighted by molar-refractivity contribution is 0.0925. The number of anilines is 1. The van der Waals surface area contributed by atoms with Crippen molar-refractivity contribution in [3.63, 3.8) is 0 Å². The molecule has 0 radical (unpaired) electrons. The smallest absolute Gasteiger partial charge is 0.266 e. The summed E-state index contributed by atoms with van der Waals surface area (Å²) in [5.74, 6) is 0.557. The highest BCUT2D eigenvalue weighted by Gasteiger charge is 2.38. The number of fused-ring (bicyclic) bond motifs is 1. The van der Waals surface area contributed by atoms with Crippen LogP contribution in [0, 0.1) is 0 Å². The Balaban J connectivity index is 2.19. The van der Waals surface area contributed by atoms with Gasteiger partial charge in [0.05, 0.1) is 16.8 Å². The second-order valence-corrected chi connectivity index (χ2v) is 6.80. The summed E-state index contributed by atoms with van der Waals surface area (Å²) in [6.45, 7) is 4.17. The van der Waals surface area contributed by atoms with Crippen molar-refractivity contribution in [3.05, 3.63) is 64.7 Å². The Kier molecular flexibility index (Phi) is 4.26. The predicted molar refractivity (Wildman–Crippen MR) is 95.3 cm³/mol. The third kappa shape index (κ3) is 2.57. The summed E-state index contributed by atoms with van der Waals surface area (Å²) in [6, 6.07) is 13.1. The van der Waals surface area contributed by atoms with Crippen LogP contribution in [0.3, 0.4) is 0 Å². The first-order valence-electron chi connectivity index (χ1n) is 7.64. The Morgan fingerprint density at radius 3 is 2.09 bits per heavy atom. The third-order valence-electron chi connectivity index (χ3n) is 4.09. The minimum atomic E-state index is -0.221. The number of carbonyl (C=O) groups is 2. The van der Waals surface area contributed by atoms with Crippen molar-refractivity contribution in [3.8, 4) is 0 Å². The van der Waals surface area contributed by atoms with Crippen LogP contribution in [0.2, 0.25) is 0 Å². The second-order valence-electron chi connectivity index (χ2n) is 5.93. The fraction of sp³-hybridized carbons (Fsp3) is 0.263. The Bertz CT molecular complexity index is 748. The van der Waals surface area contributed by atoms with E-state index in [1.54, 1.807) is 36.0 Å².